The molecule has 1 aromatic heterocycles. The van der Waals surface area contributed by atoms with E-state index in [2.05, 4.69) is 4.98 Å². The van der Waals surface area contributed by atoms with Gasteiger partial charge in [0.05, 0.1) is 0 Å². The maximum absolute atomic E-state index is 10.9. The highest BCUT2D eigenvalue weighted by Crippen LogP contribution is 2.27. The molecular weight excluding hydrogens is 216 g/mol. The summed E-state index contributed by atoms with van der Waals surface area (Å²) in [5, 5.41) is 10.4. The lowest BCUT2D eigenvalue weighted by molar-refractivity contribution is 0.0693. The van der Waals surface area contributed by atoms with Crippen molar-refractivity contribution in [3.8, 4) is 0 Å². The van der Waals surface area contributed by atoms with Crippen molar-refractivity contribution in [1.29, 1.82) is 0 Å². The second kappa shape index (κ2) is 3.40. The molecule has 4 nitrogen and oxygen atoms in total. The molecule has 15 heavy (non-hydrogen) atoms. The summed E-state index contributed by atoms with van der Waals surface area (Å²) >= 11 is 5.80. The zero-order valence-corrected chi connectivity index (χ0v) is 8.32. The van der Waals surface area contributed by atoms with E-state index in [1.54, 1.807) is 18.2 Å². The quantitative estimate of drug-likeness (QED) is 0.725. The maximum atomic E-state index is 10.9. The standard InChI is InChI=1S/C10H7ClN2O2/c11-5-3-7-6(8(12)4-5)1-2-13-9(7)10(14)15/h1-4H,12H2,(H,14,15). The first-order chi connectivity index (χ1) is 7.09. The summed E-state index contributed by atoms with van der Waals surface area (Å²) in [6.45, 7) is 0. The van der Waals surface area contributed by atoms with Crippen molar-refractivity contribution in [3.05, 3.63) is 35.1 Å². The molecule has 0 fully saturated rings. The number of fused-ring (bicyclic) bond motifs is 1. The molecule has 1 aromatic carbocycles. The molecule has 1 heterocycles. The molecule has 0 saturated carbocycles. The number of aromatic carboxylic acids is 1. The van der Waals surface area contributed by atoms with Gasteiger partial charge in [-0.1, -0.05) is 11.6 Å². The Morgan fingerprint density at radius 1 is 1.40 bits per heavy atom. The van der Waals surface area contributed by atoms with Crippen LogP contribution in [0, 0.1) is 0 Å². The van der Waals surface area contributed by atoms with E-state index in [0.717, 1.165) is 0 Å². The number of hydrogen-bond donors (Lipinski definition) is 2. The minimum absolute atomic E-state index is 0.0401. The Hall–Kier alpha value is -1.81. The summed E-state index contributed by atoms with van der Waals surface area (Å²) in [7, 11) is 0. The number of halogens is 1. The summed E-state index contributed by atoms with van der Waals surface area (Å²) in [5.41, 5.74) is 6.13. The molecule has 0 aliphatic heterocycles. The third-order valence-corrected chi connectivity index (χ3v) is 2.30. The van der Waals surface area contributed by atoms with Crippen LogP contribution in [0.25, 0.3) is 10.8 Å². The van der Waals surface area contributed by atoms with Gasteiger partial charge in [0, 0.05) is 27.7 Å². The molecule has 2 aromatic rings. The fourth-order valence-corrected chi connectivity index (χ4v) is 1.67. The number of nitrogens with zero attached hydrogens (tertiary/aromatic N) is 1. The predicted octanol–water partition coefficient (Wildman–Crippen LogP) is 2.17. The number of rotatable bonds is 1. The summed E-state index contributed by atoms with van der Waals surface area (Å²) in [4.78, 5) is 14.7. The Morgan fingerprint density at radius 3 is 2.80 bits per heavy atom. The van der Waals surface area contributed by atoms with E-state index in [4.69, 9.17) is 22.4 Å². The lowest BCUT2D eigenvalue weighted by Crippen LogP contribution is -2.01. The lowest BCUT2D eigenvalue weighted by Gasteiger charge is -2.04. The van der Waals surface area contributed by atoms with Crippen LogP contribution >= 0.6 is 11.6 Å². The zero-order valence-electron chi connectivity index (χ0n) is 7.57. The van der Waals surface area contributed by atoms with Crippen molar-refractivity contribution < 1.29 is 9.90 Å². The van der Waals surface area contributed by atoms with Crippen LogP contribution in [-0.2, 0) is 0 Å². The number of anilines is 1. The molecule has 0 radical (unpaired) electrons. The molecule has 0 atom stereocenters. The Morgan fingerprint density at radius 2 is 2.13 bits per heavy atom. The van der Waals surface area contributed by atoms with Gasteiger partial charge < -0.3 is 10.8 Å². The van der Waals surface area contributed by atoms with E-state index in [1.165, 1.54) is 6.20 Å². The summed E-state index contributed by atoms with van der Waals surface area (Å²) in [6.07, 6.45) is 1.41. The van der Waals surface area contributed by atoms with E-state index >= 15 is 0 Å². The van der Waals surface area contributed by atoms with E-state index in [0.29, 0.717) is 21.5 Å². The van der Waals surface area contributed by atoms with Gasteiger partial charge in [0.2, 0.25) is 0 Å². The second-order valence-electron chi connectivity index (χ2n) is 3.05. The van der Waals surface area contributed by atoms with Gasteiger partial charge in [-0.3, -0.25) is 0 Å². The Balaban J connectivity index is 2.91. The van der Waals surface area contributed by atoms with Gasteiger partial charge >= 0.3 is 5.97 Å². The van der Waals surface area contributed by atoms with Crippen molar-refractivity contribution in [2.75, 3.05) is 5.73 Å². The number of carbonyl (C=O) groups is 1. The fourth-order valence-electron chi connectivity index (χ4n) is 1.45. The molecule has 0 amide bonds. The molecule has 0 aliphatic rings. The first-order valence-electron chi connectivity index (χ1n) is 4.16. The molecule has 0 aliphatic carbocycles. The molecule has 76 valence electrons. The zero-order chi connectivity index (χ0) is 11.0. The summed E-state index contributed by atoms with van der Waals surface area (Å²) < 4.78 is 0. The summed E-state index contributed by atoms with van der Waals surface area (Å²) in [6, 6.07) is 4.78. The van der Waals surface area contributed by atoms with Crippen molar-refractivity contribution >= 4 is 34.0 Å². The monoisotopic (exact) mass is 222 g/mol. The van der Waals surface area contributed by atoms with Crippen molar-refractivity contribution in [1.82, 2.24) is 4.98 Å². The second-order valence-corrected chi connectivity index (χ2v) is 3.49. The highest BCUT2D eigenvalue weighted by atomic mass is 35.5. The first-order valence-corrected chi connectivity index (χ1v) is 4.54. The number of aromatic nitrogens is 1. The number of nitrogen functional groups attached to an aromatic ring is 1. The van der Waals surface area contributed by atoms with E-state index in [9.17, 15) is 4.79 Å². The van der Waals surface area contributed by atoms with Crippen LogP contribution in [0.2, 0.25) is 5.02 Å². The largest absolute Gasteiger partial charge is 0.476 e. The highest BCUT2D eigenvalue weighted by Gasteiger charge is 2.11. The topological polar surface area (TPSA) is 76.2 Å². The van der Waals surface area contributed by atoms with Gasteiger partial charge in [-0.2, -0.15) is 0 Å². The van der Waals surface area contributed by atoms with Gasteiger partial charge in [0.1, 0.15) is 0 Å². The lowest BCUT2D eigenvalue weighted by atomic mass is 10.1. The van der Waals surface area contributed by atoms with Crippen molar-refractivity contribution in [2.45, 2.75) is 0 Å². The van der Waals surface area contributed by atoms with E-state index in [1.807, 2.05) is 0 Å². The van der Waals surface area contributed by atoms with Gasteiger partial charge in [-0.05, 0) is 18.2 Å². The van der Waals surface area contributed by atoms with Crippen LogP contribution in [0.3, 0.4) is 0 Å². The number of pyridine rings is 1. The SMILES string of the molecule is Nc1cc(Cl)cc2c(C(=O)O)nccc12. The molecule has 0 unspecified atom stereocenters. The first kappa shape index (κ1) is 9.73. The van der Waals surface area contributed by atoms with Crippen LogP contribution < -0.4 is 5.73 Å². The average Bonchev–Trinajstić information content (AvgIpc) is 2.16. The van der Waals surface area contributed by atoms with E-state index in [-0.39, 0.29) is 5.69 Å². The molecule has 0 spiro atoms. The number of benzene rings is 1. The van der Waals surface area contributed by atoms with Gasteiger partial charge in [0.15, 0.2) is 5.69 Å². The number of nitrogens with two attached hydrogens (primary N) is 1. The van der Waals surface area contributed by atoms with Crippen molar-refractivity contribution in [3.63, 3.8) is 0 Å². The Bertz CT molecular complexity index is 554. The molecule has 2 rings (SSSR count). The fraction of sp³-hybridized carbons (Fsp3) is 0. The van der Waals surface area contributed by atoms with Crippen LogP contribution in [0.4, 0.5) is 5.69 Å². The maximum Gasteiger partial charge on any atom is 0.355 e. The normalized spacial score (nSPS) is 10.5. The molecule has 0 saturated heterocycles. The number of hydrogen-bond acceptors (Lipinski definition) is 3. The number of carboxylic acid groups (broad SMARTS) is 1. The average molecular weight is 223 g/mol. The van der Waals surface area contributed by atoms with Crippen LogP contribution in [0.5, 0.6) is 0 Å². The Labute approximate surface area is 90.3 Å². The predicted molar refractivity (Wildman–Crippen MR) is 58.1 cm³/mol. The van der Waals surface area contributed by atoms with Crippen LogP contribution in [0.1, 0.15) is 10.5 Å². The minimum atomic E-state index is -1.10. The molecule has 5 heteroatoms. The number of carboxylic acids is 1. The third kappa shape index (κ3) is 1.59. The molecule has 3 N–H and O–H groups in total. The van der Waals surface area contributed by atoms with Crippen LogP contribution in [-0.4, -0.2) is 16.1 Å². The van der Waals surface area contributed by atoms with Gasteiger partial charge in [-0.15, -0.1) is 0 Å². The van der Waals surface area contributed by atoms with Crippen molar-refractivity contribution in [2.24, 2.45) is 0 Å². The third-order valence-electron chi connectivity index (χ3n) is 2.08. The van der Waals surface area contributed by atoms with Gasteiger partial charge in [0.25, 0.3) is 0 Å². The van der Waals surface area contributed by atoms with Crippen LogP contribution in [0.15, 0.2) is 24.4 Å². The smallest absolute Gasteiger partial charge is 0.355 e. The molecular formula is C10H7ClN2O2. The summed E-state index contributed by atoms with van der Waals surface area (Å²) in [5.74, 6) is -1.10. The van der Waals surface area contributed by atoms with Gasteiger partial charge in [-0.25, -0.2) is 9.78 Å². The highest BCUT2D eigenvalue weighted by molar-refractivity contribution is 6.32. The Kier molecular flexibility index (Phi) is 2.21. The minimum Gasteiger partial charge on any atom is -0.476 e. The molecule has 0 bridgehead atoms. The van der Waals surface area contributed by atoms with E-state index < -0.39 is 5.97 Å².